The van der Waals surface area contributed by atoms with E-state index in [0.29, 0.717) is 19.4 Å². The summed E-state index contributed by atoms with van der Waals surface area (Å²) in [5, 5.41) is 0. The van der Waals surface area contributed by atoms with Crippen LogP contribution in [0.5, 0.6) is 0 Å². The average Bonchev–Trinajstić information content (AvgIpc) is 3.18. The predicted octanol–water partition coefficient (Wildman–Crippen LogP) is 1.88. The van der Waals surface area contributed by atoms with E-state index in [1.807, 2.05) is 0 Å². The third kappa shape index (κ3) is 4.76. The Labute approximate surface area is 154 Å². The van der Waals surface area contributed by atoms with Crippen molar-refractivity contribution in [3.8, 4) is 0 Å². The first-order chi connectivity index (χ1) is 12.7. The number of alkyl halides is 3. The van der Waals surface area contributed by atoms with Gasteiger partial charge in [-0.1, -0.05) is 30.3 Å². The Bertz CT molecular complexity index is 678. The van der Waals surface area contributed by atoms with E-state index in [0.717, 1.165) is 28.8 Å². The number of amides is 2. The van der Waals surface area contributed by atoms with E-state index in [2.05, 4.69) is 4.84 Å². The molecule has 1 saturated heterocycles. The number of nitrogens with zero attached hydrogens (tertiary/aromatic N) is 2. The van der Waals surface area contributed by atoms with E-state index in [9.17, 15) is 27.6 Å². The molecule has 0 bridgehead atoms. The van der Waals surface area contributed by atoms with Gasteiger partial charge in [-0.15, -0.1) is 0 Å². The number of hydrogen-bond donors (Lipinski definition) is 1. The Morgan fingerprint density at radius 1 is 1.22 bits per heavy atom. The monoisotopic (exact) mass is 387 g/mol. The summed E-state index contributed by atoms with van der Waals surface area (Å²) in [7, 11) is 1.25. The highest BCUT2D eigenvalue weighted by Crippen LogP contribution is 2.27. The molecule has 0 aromatic heterocycles. The number of carbonyl (C=O) groups is 3. The van der Waals surface area contributed by atoms with Gasteiger partial charge >= 0.3 is 18.2 Å². The van der Waals surface area contributed by atoms with Crippen molar-refractivity contribution >= 4 is 18.3 Å². The smallest absolute Gasteiger partial charge is 0.321 e. The van der Waals surface area contributed by atoms with Crippen LogP contribution in [0.25, 0.3) is 0 Å². The molecule has 1 unspecified atom stereocenters. The molecule has 1 aliphatic heterocycles. The van der Waals surface area contributed by atoms with Crippen molar-refractivity contribution in [2.45, 2.75) is 31.1 Å². The fourth-order valence-corrected chi connectivity index (χ4v) is 3.01. The van der Waals surface area contributed by atoms with Gasteiger partial charge in [0.25, 0.3) is 0 Å². The molecule has 1 atom stereocenters. The number of carbonyl (C=O) groups excluding carboxylic acids is 3. The number of halogens is 3. The number of likely N-dealkylation sites (N-methyl/N-ethyl adjacent to an activating group) is 1. The number of hydroxylamine groups is 1. The largest absolute Gasteiger partial charge is 0.474 e. The molecule has 2 amide bonds. The number of hydrogen-bond acceptors (Lipinski definition) is 5. The highest BCUT2D eigenvalue weighted by molar-refractivity contribution is 5.83. The van der Waals surface area contributed by atoms with Crippen molar-refractivity contribution in [1.29, 1.82) is 0 Å². The van der Waals surface area contributed by atoms with Crippen LogP contribution in [0.15, 0.2) is 30.3 Å². The quantitative estimate of drug-likeness (QED) is 0.617. The second-order valence-electron chi connectivity index (χ2n) is 6.21. The van der Waals surface area contributed by atoms with Crippen LogP contribution in [0.3, 0.4) is 0 Å². The first-order valence-electron chi connectivity index (χ1n) is 8.28. The topological polar surface area (TPSA) is 79.0 Å². The summed E-state index contributed by atoms with van der Waals surface area (Å²) in [5.74, 6) is -2.41. The molecule has 0 spiro atoms. The third-order valence-electron chi connectivity index (χ3n) is 4.49. The lowest BCUT2D eigenvalue weighted by Crippen LogP contribution is -2.63. The Kier molecular flexibility index (Phi) is 6.42. The third-order valence-corrected chi connectivity index (χ3v) is 4.49. The number of rotatable bonds is 5. The van der Waals surface area contributed by atoms with Gasteiger partial charge in [-0.3, -0.25) is 19.4 Å². The van der Waals surface area contributed by atoms with Crippen molar-refractivity contribution in [3.05, 3.63) is 35.9 Å². The van der Waals surface area contributed by atoms with Crippen molar-refractivity contribution in [2.24, 2.45) is 0 Å². The summed E-state index contributed by atoms with van der Waals surface area (Å²) in [5.41, 5.74) is 0.377. The standard InChI is InChI=1S/C17H20F3N3O4/c1-22(15(26)27-21-14(25)17(18,19)20)16(12-24,23-9-5-6-10-23)11-13-7-3-2-4-8-13/h2-4,7-8,12H,5-6,9-11H2,1H3,(H,21,25). The van der Waals surface area contributed by atoms with E-state index in [1.165, 1.54) is 7.05 Å². The molecule has 7 nitrogen and oxygen atoms in total. The predicted molar refractivity (Wildman–Crippen MR) is 88.2 cm³/mol. The number of likely N-dealkylation sites (tertiary alicyclic amines) is 1. The van der Waals surface area contributed by atoms with Crippen molar-refractivity contribution in [3.63, 3.8) is 0 Å². The summed E-state index contributed by atoms with van der Waals surface area (Å²) >= 11 is 0. The molecule has 1 heterocycles. The molecular weight excluding hydrogens is 367 g/mol. The highest BCUT2D eigenvalue weighted by Gasteiger charge is 2.46. The lowest BCUT2D eigenvalue weighted by molar-refractivity contribution is -0.183. The van der Waals surface area contributed by atoms with E-state index in [4.69, 9.17) is 0 Å². The highest BCUT2D eigenvalue weighted by atomic mass is 19.4. The number of nitrogens with one attached hydrogen (secondary N) is 1. The Morgan fingerprint density at radius 2 is 1.81 bits per heavy atom. The lowest BCUT2D eigenvalue weighted by Gasteiger charge is -2.43. The van der Waals surface area contributed by atoms with Gasteiger partial charge in [-0.05, 0) is 18.4 Å². The summed E-state index contributed by atoms with van der Waals surface area (Å²) < 4.78 is 36.8. The van der Waals surface area contributed by atoms with Crippen molar-refractivity contribution in [2.75, 3.05) is 20.1 Å². The molecule has 10 heteroatoms. The van der Waals surface area contributed by atoms with E-state index >= 15 is 0 Å². The fourth-order valence-electron chi connectivity index (χ4n) is 3.01. The van der Waals surface area contributed by atoms with Gasteiger partial charge in [0, 0.05) is 26.6 Å². The van der Waals surface area contributed by atoms with Crippen LogP contribution in [0.2, 0.25) is 0 Å². The minimum absolute atomic E-state index is 0.121. The van der Waals surface area contributed by atoms with Crippen molar-refractivity contribution in [1.82, 2.24) is 15.3 Å². The van der Waals surface area contributed by atoms with Gasteiger partial charge in [0.05, 0.1) is 0 Å². The maximum atomic E-state index is 12.3. The molecule has 27 heavy (non-hydrogen) atoms. The molecule has 148 valence electrons. The fraction of sp³-hybridized carbons (Fsp3) is 0.471. The zero-order valence-corrected chi connectivity index (χ0v) is 14.7. The maximum absolute atomic E-state index is 12.3. The van der Waals surface area contributed by atoms with Crippen LogP contribution in [0.1, 0.15) is 18.4 Å². The minimum Gasteiger partial charge on any atom is -0.321 e. The SMILES string of the molecule is CN(C(=O)ONC(=O)C(F)(F)F)C(C=O)(Cc1ccccc1)N1CCCC1. The summed E-state index contributed by atoms with van der Waals surface area (Å²) in [6, 6.07) is 8.90. The van der Waals surface area contributed by atoms with Gasteiger partial charge in [-0.2, -0.15) is 18.7 Å². The molecule has 1 aliphatic rings. The van der Waals surface area contributed by atoms with Crippen molar-refractivity contribution < 1.29 is 32.4 Å². The molecule has 0 saturated carbocycles. The van der Waals surface area contributed by atoms with Gasteiger partial charge in [0.2, 0.25) is 0 Å². The van der Waals surface area contributed by atoms with Gasteiger partial charge in [0.1, 0.15) is 0 Å². The second kappa shape index (κ2) is 8.38. The van der Waals surface area contributed by atoms with Crippen LogP contribution in [0.4, 0.5) is 18.0 Å². The second-order valence-corrected chi connectivity index (χ2v) is 6.21. The molecule has 1 fully saturated rings. The molecule has 1 N–H and O–H groups in total. The lowest BCUT2D eigenvalue weighted by atomic mass is 9.98. The molecule has 1 aromatic rings. The van der Waals surface area contributed by atoms with Gasteiger partial charge < -0.3 is 4.84 Å². The zero-order chi connectivity index (χ0) is 20.1. The summed E-state index contributed by atoms with van der Waals surface area (Å²) in [4.78, 5) is 42.2. The average molecular weight is 387 g/mol. The Hall–Kier alpha value is -2.62. The Morgan fingerprint density at radius 3 is 2.33 bits per heavy atom. The number of aldehydes is 1. The minimum atomic E-state index is -5.19. The number of benzene rings is 1. The molecule has 0 radical (unpaired) electrons. The van der Waals surface area contributed by atoms with Gasteiger partial charge in [0.15, 0.2) is 11.9 Å². The first kappa shape index (κ1) is 20.7. The summed E-state index contributed by atoms with van der Waals surface area (Å²) in [6.45, 7) is 1.08. The first-order valence-corrected chi connectivity index (χ1v) is 8.28. The summed E-state index contributed by atoms with van der Waals surface area (Å²) in [6.07, 6.45) is -4.13. The van der Waals surface area contributed by atoms with E-state index in [-0.39, 0.29) is 6.42 Å². The van der Waals surface area contributed by atoms with Crippen LogP contribution >= 0.6 is 0 Å². The normalized spacial score (nSPS) is 17.0. The van der Waals surface area contributed by atoms with Gasteiger partial charge in [-0.25, -0.2) is 4.79 Å². The van der Waals surface area contributed by atoms with Crippen LogP contribution in [-0.4, -0.2) is 60.1 Å². The van der Waals surface area contributed by atoms with Crippen LogP contribution in [0, 0.1) is 0 Å². The zero-order valence-electron chi connectivity index (χ0n) is 14.7. The molecule has 0 aliphatic carbocycles. The van der Waals surface area contributed by atoms with E-state index in [1.54, 1.807) is 35.2 Å². The van der Waals surface area contributed by atoms with Crippen LogP contribution < -0.4 is 5.48 Å². The van der Waals surface area contributed by atoms with E-state index < -0.39 is 23.8 Å². The van der Waals surface area contributed by atoms with Crippen LogP contribution in [-0.2, 0) is 20.8 Å². The molecule has 1 aromatic carbocycles. The maximum Gasteiger partial charge on any atom is 0.474 e. The Balaban J connectivity index is 2.22. The molecule has 2 rings (SSSR count). The molecular formula is C17H20F3N3O4.